The molecule has 1 unspecified atom stereocenters. The Hall–Kier alpha value is 0.170. The van der Waals surface area contributed by atoms with Gasteiger partial charge in [0.1, 0.15) is 0 Å². The van der Waals surface area contributed by atoms with Gasteiger partial charge in [-0.25, -0.2) is 0 Å². The van der Waals surface area contributed by atoms with E-state index < -0.39 is 0 Å². The van der Waals surface area contributed by atoms with Crippen LogP contribution in [0, 0.1) is 5.41 Å². The Bertz CT molecular complexity index is 392. The molecule has 0 amide bonds. The zero-order valence-corrected chi connectivity index (χ0v) is 13.2. The number of hydrogen-bond donors (Lipinski definition) is 0. The average Bonchev–Trinajstić information content (AvgIpc) is 2.97. The SMILES string of the molecule is CCc1nn(C)c(CC2(C(C)Br)CC2)c1Br. The molecule has 0 radical (unpaired) electrons. The zero-order valence-electron chi connectivity index (χ0n) is 10.1. The first-order valence-corrected chi connectivity index (χ1v) is 7.55. The first kappa shape index (κ1) is 12.6. The lowest BCUT2D eigenvalue weighted by Gasteiger charge is -2.18. The van der Waals surface area contributed by atoms with Crippen LogP contribution in [0.1, 0.15) is 38.1 Å². The lowest BCUT2D eigenvalue weighted by Crippen LogP contribution is -2.17. The Morgan fingerprint density at radius 1 is 1.50 bits per heavy atom. The van der Waals surface area contributed by atoms with Gasteiger partial charge in [0.25, 0.3) is 0 Å². The van der Waals surface area contributed by atoms with E-state index >= 15 is 0 Å². The van der Waals surface area contributed by atoms with E-state index in [4.69, 9.17) is 0 Å². The van der Waals surface area contributed by atoms with Gasteiger partial charge < -0.3 is 0 Å². The molecule has 90 valence electrons. The molecule has 0 saturated heterocycles. The molecule has 1 atom stereocenters. The normalized spacial score (nSPS) is 19.8. The Balaban J connectivity index is 2.25. The summed E-state index contributed by atoms with van der Waals surface area (Å²) in [5.74, 6) is 0. The molecule has 1 aliphatic carbocycles. The van der Waals surface area contributed by atoms with Crippen LogP contribution in [0.5, 0.6) is 0 Å². The zero-order chi connectivity index (χ0) is 11.9. The second-order valence-corrected chi connectivity index (χ2v) is 7.01. The van der Waals surface area contributed by atoms with Gasteiger partial charge in [-0.15, -0.1) is 0 Å². The van der Waals surface area contributed by atoms with E-state index in [0.29, 0.717) is 10.2 Å². The summed E-state index contributed by atoms with van der Waals surface area (Å²) in [6.45, 7) is 4.41. The van der Waals surface area contributed by atoms with Crippen molar-refractivity contribution in [1.82, 2.24) is 9.78 Å². The molecule has 16 heavy (non-hydrogen) atoms. The standard InChI is InChI=1S/C12H18Br2N2/c1-4-9-11(14)10(16(3)15-9)7-12(5-6-12)8(2)13/h8H,4-7H2,1-3H3. The summed E-state index contributed by atoms with van der Waals surface area (Å²) >= 11 is 7.44. The van der Waals surface area contributed by atoms with Crippen LogP contribution in [0.15, 0.2) is 4.47 Å². The van der Waals surface area contributed by atoms with Gasteiger partial charge >= 0.3 is 0 Å². The first-order valence-electron chi connectivity index (χ1n) is 5.84. The van der Waals surface area contributed by atoms with Gasteiger partial charge in [0, 0.05) is 11.9 Å². The first-order chi connectivity index (χ1) is 7.50. The third-order valence-electron chi connectivity index (χ3n) is 3.76. The van der Waals surface area contributed by atoms with Crippen molar-refractivity contribution < 1.29 is 0 Å². The van der Waals surface area contributed by atoms with Crippen molar-refractivity contribution in [3.8, 4) is 0 Å². The van der Waals surface area contributed by atoms with Crippen molar-refractivity contribution >= 4 is 31.9 Å². The summed E-state index contributed by atoms with van der Waals surface area (Å²) in [6, 6.07) is 0. The maximum atomic E-state index is 4.55. The maximum absolute atomic E-state index is 4.55. The van der Waals surface area contributed by atoms with E-state index in [2.05, 4.69) is 50.8 Å². The molecular weight excluding hydrogens is 332 g/mol. The molecule has 4 heteroatoms. The third kappa shape index (κ3) is 2.10. The predicted octanol–water partition coefficient (Wildman–Crippen LogP) is 3.85. The number of aryl methyl sites for hydroxylation is 2. The quantitative estimate of drug-likeness (QED) is 0.755. The third-order valence-corrected chi connectivity index (χ3v) is 5.65. The fourth-order valence-corrected chi connectivity index (χ4v) is 3.60. The van der Waals surface area contributed by atoms with Crippen molar-refractivity contribution in [2.45, 2.75) is 44.4 Å². The van der Waals surface area contributed by atoms with Gasteiger partial charge in [-0.05, 0) is 47.0 Å². The second kappa shape index (κ2) is 4.45. The molecule has 1 aromatic rings. The fraction of sp³-hybridized carbons (Fsp3) is 0.750. The van der Waals surface area contributed by atoms with Gasteiger partial charge in [-0.1, -0.05) is 29.8 Å². The predicted molar refractivity (Wildman–Crippen MR) is 74.0 cm³/mol. The van der Waals surface area contributed by atoms with E-state index in [1.807, 2.05) is 11.7 Å². The lowest BCUT2D eigenvalue weighted by atomic mass is 9.97. The second-order valence-electron chi connectivity index (χ2n) is 4.84. The van der Waals surface area contributed by atoms with Crippen LogP contribution >= 0.6 is 31.9 Å². The highest BCUT2D eigenvalue weighted by Gasteiger charge is 2.47. The minimum Gasteiger partial charge on any atom is -0.271 e. The number of nitrogens with zero attached hydrogens (tertiary/aromatic N) is 2. The number of hydrogen-bond acceptors (Lipinski definition) is 1. The number of aromatic nitrogens is 2. The topological polar surface area (TPSA) is 17.8 Å². The number of rotatable bonds is 4. The van der Waals surface area contributed by atoms with Gasteiger partial charge in [-0.2, -0.15) is 5.10 Å². The molecule has 0 aliphatic heterocycles. The van der Waals surface area contributed by atoms with Crippen LogP contribution in [-0.4, -0.2) is 14.6 Å². The lowest BCUT2D eigenvalue weighted by molar-refractivity contribution is 0.486. The molecule has 0 aromatic carbocycles. The summed E-state index contributed by atoms with van der Waals surface area (Å²) < 4.78 is 3.26. The van der Waals surface area contributed by atoms with Crippen LogP contribution < -0.4 is 0 Å². The smallest absolute Gasteiger partial charge is 0.0766 e. The van der Waals surface area contributed by atoms with E-state index in [9.17, 15) is 0 Å². The van der Waals surface area contributed by atoms with Crippen LogP contribution in [0.3, 0.4) is 0 Å². The fourth-order valence-electron chi connectivity index (χ4n) is 2.22. The van der Waals surface area contributed by atoms with Gasteiger partial charge in [-0.3, -0.25) is 4.68 Å². The summed E-state index contributed by atoms with van der Waals surface area (Å²) in [6.07, 6.45) is 4.78. The molecule has 1 fully saturated rings. The van der Waals surface area contributed by atoms with Crippen molar-refractivity contribution in [2.24, 2.45) is 12.5 Å². The highest BCUT2D eigenvalue weighted by atomic mass is 79.9. The molecule has 0 spiro atoms. The molecule has 0 N–H and O–H groups in total. The van der Waals surface area contributed by atoms with Crippen LogP contribution in [0.25, 0.3) is 0 Å². The molecular formula is C12H18Br2N2. The molecule has 1 saturated carbocycles. The van der Waals surface area contributed by atoms with E-state index in [-0.39, 0.29) is 0 Å². The van der Waals surface area contributed by atoms with Crippen LogP contribution in [-0.2, 0) is 19.9 Å². The average molecular weight is 350 g/mol. The highest BCUT2D eigenvalue weighted by molar-refractivity contribution is 9.10. The van der Waals surface area contributed by atoms with E-state index in [0.717, 1.165) is 12.8 Å². The summed E-state index contributed by atoms with van der Waals surface area (Å²) in [7, 11) is 2.05. The van der Waals surface area contributed by atoms with Gasteiger partial charge in [0.2, 0.25) is 0 Å². The molecule has 1 heterocycles. The minimum atomic E-state index is 0.474. The summed E-state index contributed by atoms with van der Waals surface area (Å²) in [5, 5.41) is 4.55. The van der Waals surface area contributed by atoms with Crippen molar-refractivity contribution in [1.29, 1.82) is 0 Å². The van der Waals surface area contributed by atoms with Gasteiger partial charge in [0.15, 0.2) is 0 Å². The Morgan fingerprint density at radius 2 is 2.12 bits per heavy atom. The molecule has 2 nitrogen and oxygen atoms in total. The van der Waals surface area contributed by atoms with Crippen molar-refractivity contribution in [3.63, 3.8) is 0 Å². The summed E-state index contributed by atoms with van der Waals surface area (Å²) in [4.78, 5) is 0.590. The van der Waals surface area contributed by atoms with Crippen LogP contribution in [0.4, 0.5) is 0 Å². The molecule has 2 rings (SSSR count). The van der Waals surface area contributed by atoms with Crippen LogP contribution in [0.2, 0.25) is 0 Å². The molecule has 0 bridgehead atoms. The van der Waals surface area contributed by atoms with E-state index in [1.54, 1.807) is 0 Å². The highest BCUT2D eigenvalue weighted by Crippen LogP contribution is 2.54. The Kier molecular flexibility index (Phi) is 3.51. The largest absolute Gasteiger partial charge is 0.271 e. The van der Waals surface area contributed by atoms with Gasteiger partial charge in [0.05, 0.1) is 15.9 Å². The van der Waals surface area contributed by atoms with Crippen molar-refractivity contribution in [3.05, 3.63) is 15.9 Å². The number of alkyl halides is 1. The van der Waals surface area contributed by atoms with Crippen molar-refractivity contribution in [2.75, 3.05) is 0 Å². The molecule has 1 aliphatic rings. The monoisotopic (exact) mass is 348 g/mol. The Morgan fingerprint density at radius 3 is 2.50 bits per heavy atom. The number of halogens is 2. The summed E-state index contributed by atoms with van der Waals surface area (Å²) in [5.41, 5.74) is 3.00. The van der Waals surface area contributed by atoms with E-state index in [1.165, 1.54) is 28.7 Å². The maximum Gasteiger partial charge on any atom is 0.0766 e. The molecule has 1 aromatic heterocycles. The Labute approximate surface area is 114 Å². The minimum absolute atomic E-state index is 0.474.